The molecule has 6 heteroatoms. The molecule has 0 unspecified atom stereocenters. The fourth-order valence-electron chi connectivity index (χ4n) is 1.57. The maximum absolute atomic E-state index is 11.9. The van der Waals surface area contributed by atoms with E-state index in [1.807, 2.05) is 24.3 Å². The zero-order valence-corrected chi connectivity index (χ0v) is 12.9. The van der Waals surface area contributed by atoms with Crippen LogP contribution in [0.25, 0.3) is 11.3 Å². The molecule has 0 bridgehead atoms. The molecule has 2 rings (SSSR count). The van der Waals surface area contributed by atoms with E-state index >= 15 is 0 Å². The Morgan fingerprint density at radius 3 is 2.63 bits per heavy atom. The molecule has 0 radical (unpaired) electrons. The molecule has 19 heavy (non-hydrogen) atoms. The number of benzene rings is 1. The van der Waals surface area contributed by atoms with Gasteiger partial charge in [-0.3, -0.25) is 0 Å². The van der Waals surface area contributed by atoms with Gasteiger partial charge in [-0.05, 0) is 47.1 Å². The van der Waals surface area contributed by atoms with E-state index in [0.29, 0.717) is 21.1 Å². The molecule has 100 valence electrons. The molecule has 0 aliphatic carbocycles. The molecule has 4 nitrogen and oxygen atoms in total. The number of carbonyl (C=O) groups is 1. The topological polar surface area (TPSA) is 48.4 Å². The third kappa shape index (κ3) is 3.13. The largest absolute Gasteiger partial charge is 0.497 e. The Hall–Kier alpha value is -1.40. The van der Waals surface area contributed by atoms with Crippen molar-refractivity contribution in [1.82, 2.24) is 4.98 Å². The summed E-state index contributed by atoms with van der Waals surface area (Å²) in [5.41, 5.74) is 1.48. The van der Waals surface area contributed by atoms with Crippen molar-refractivity contribution in [2.75, 3.05) is 13.7 Å². The minimum atomic E-state index is -0.350. The van der Waals surface area contributed by atoms with Gasteiger partial charge in [0.15, 0.2) is 3.92 Å². The number of rotatable bonds is 4. The smallest absolute Gasteiger partial charge is 0.350 e. The van der Waals surface area contributed by atoms with Crippen LogP contribution in [0.4, 0.5) is 0 Å². The summed E-state index contributed by atoms with van der Waals surface area (Å²) < 4.78 is 10.8. The number of thiazole rings is 1. The molecule has 0 spiro atoms. The molecule has 0 aliphatic rings. The predicted octanol–water partition coefficient (Wildman–Crippen LogP) is 3.76. The number of ether oxygens (including phenoxy) is 2. The third-order valence-electron chi connectivity index (χ3n) is 2.43. The summed E-state index contributed by atoms with van der Waals surface area (Å²) in [6, 6.07) is 7.39. The van der Waals surface area contributed by atoms with Gasteiger partial charge in [0.05, 0.1) is 19.4 Å². The molecule has 0 fully saturated rings. The van der Waals surface area contributed by atoms with Crippen molar-refractivity contribution < 1.29 is 14.3 Å². The fourth-order valence-corrected chi connectivity index (χ4v) is 2.94. The van der Waals surface area contributed by atoms with E-state index < -0.39 is 0 Å². The lowest BCUT2D eigenvalue weighted by molar-refractivity contribution is 0.0532. The van der Waals surface area contributed by atoms with E-state index in [1.54, 1.807) is 14.0 Å². The van der Waals surface area contributed by atoms with Gasteiger partial charge in [-0.15, -0.1) is 0 Å². The molecule has 1 heterocycles. The van der Waals surface area contributed by atoms with Crippen LogP contribution >= 0.6 is 27.3 Å². The van der Waals surface area contributed by atoms with Crippen molar-refractivity contribution >= 4 is 33.2 Å². The molecule has 0 N–H and O–H groups in total. The molecular formula is C13H12BrNO3S. The van der Waals surface area contributed by atoms with Gasteiger partial charge < -0.3 is 9.47 Å². The normalized spacial score (nSPS) is 10.3. The average molecular weight is 342 g/mol. The average Bonchev–Trinajstić information content (AvgIpc) is 2.81. The summed E-state index contributed by atoms with van der Waals surface area (Å²) in [5.74, 6) is 0.409. The van der Waals surface area contributed by atoms with E-state index in [-0.39, 0.29) is 5.97 Å². The quantitative estimate of drug-likeness (QED) is 0.794. The minimum absolute atomic E-state index is 0.344. The van der Waals surface area contributed by atoms with Gasteiger partial charge in [0.25, 0.3) is 0 Å². The number of nitrogens with zero attached hydrogens (tertiary/aromatic N) is 1. The summed E-state index contributed by atoms with van der Waals surface area (Å²) >= 11 is 4.57. The van der Waals surface area contributed by atoms with Gasteiger partial charge in [0, 0.05) is 5.56 Å². The molecule has 0 saturated carbocycles. The number of aromatic nitrogens is 1. The molecule has 1 aromatic carbocycles. The highest BCUT2D eigenvalue weighted by atomic mass is 79.9. The molecule has 0 saturated heterocycles. The van der Waals surface area contributed by atoms with Crippen LogP contribution in [0.2, 0.25) is 0 Å². The first-order chi connectivity index (χ1) is 9.15. The van der Waals surface area contributed by atoms with Crippen molar-refractivity contribution in [2.45, 2.75) is 6.92 Å². The number of halogens is 1. The van der Waals surface area contributed by atoms with Gasteiger partial charge >= 0.3 is 5.97 Å². The molecule has 0 aliphatic heterocycles. The summed E-state index contributed by atoms with van der Waals surface area (Å²) in [6.07, 6.45) is 0. The van der Waals surface area contributed by atoms with Crippen LogP contribution in [0, 0.1) is 0 Å². The van der Waals surface area contributed by atoms with Gasteiger partial charge in [-0.1, -0.05) is 11.3 Å². The fraction of sp³-hybridized carbons (Fsp3) is 0.231. The molecule has 0 atom stereocenters. The van der Waals surface area contributed by atoms with Crippen LogP contribution in [0.1, 0.15) is 16.6 Å². The van der Waals surface area contributed by atoms with Crippen molar-refractivity contribution in [3.05, 3.63) is 33.1 Å². The summed E-state index contributed by atoms with van der Waals surface area (Å²) in [6.45, 7) is 2.12. The van der Waals surface area contributed by atoms with Crippen LogP contribution in [-0.4, -0.2) is 24.7 Å². The first kappa shape index (κ1) is 14.0. The molecule has 2 aromatic rings. The number of hydrogen-bond acceptors (Lipinski definition) is 5. The lowest BCUT2D eigenvalue weighted by atomic mass is 10.1. The van der Waals surface area contributed by atoms with Gasteiger partial charge in [-0.25, -0.2) is 9.78 Å². The maximum atomic E-state index is 11.9. The number of esters is 1. The third-order valence-corrected chi connectivity index (χ3v) is 3.91. The van der Waals surface area contributed by atoms with Crippen LogP contribution in [-0.2, 0) is 4.74 Å². The summed E-state index contributed by atoms with van der Waals surface area (Å²) in [7, 11) is 1.61. The number of carbonyl (C=O) groups excluding carboxylic acids is 1. The van der Waals surface area contributed by atoms with Gasteiger partial charge in [0.1, 0.15) is 10.6 Å². The molecule has 1 aromatic heterocycles. The monoisotopic (exact) mass is 341 g/mol. The Bertz CT molecular complexity index is 580. The lowest BCUT2D eigenvalue weighted by Gasteiger charge is -2.04. The second-order valence-corrected chi connectivity index (χ2v) is 5.87. The number of methoxy groups -OCH3 is 1. The van der Waals surface area contributed by atoms with Gasteiger partial charge in [-0.2, -0.15) is 0 Å². The van der Waals surface area contributed by atoms with Crippen molar-refractivity contribution in [3.63, 3.8) is 0 Å². The van der Waals surface area contributed by atoms with Crippen molar-refractivity contribution in [1.29, 1.82) is 0 Å². The first-order valence-electron chi connectivity index (χ1n) is 5.63. The maximum Gasteiger partial charge on any atom is 0.350 e. The zero-order chi connectivity index (χ0) is 13.8. The van der Waals surface area contributed by atoms with E-state index in [1.165, 1.54) is 11.3 Å². The van der Waals surface area contributed by atoms with E-state index in [4.69, 9.17) is 9.47 Å². The molecule has 0 amide bonds. The first-order valence-corrected chi connectivity index (χ1v) is 7.24. The molecular weight excluding hydrogens is 330 g/mol. The zero-order valence-electron chi connectivity index (χ0n) is 10.5. The Morgan fingerprint density at radius 1 is 1.37 bits per heavy atom. The minimum Gasteiger partial charge on any atom is -0.497 e. The second kappa shape index (κ2) is 6.16. The van der Waals surface area contributed by atoms with Crippen LogP contribution in [0.5, 0.6) is 5.75 Å². The SMILES string of the molecule is CCOC(=O)c1sc(Br)nc1-c1ccc(OC)cc1. The van der Waals surface area contributed by atoms with Crippen LogP contribution in [0.15, 0.2) is 28.2 Å². The summed E-state index contributed by atoms with van der Waals surface area (Å²) in [5, 5.41) is 0. The van der Waals surface area contributed by atoms with Crippen molar-refractivity contribution in [2.24, 2.45) is 0 Å². The van der Waals surface area contributed by atoms with Crippen LogP contribution in [0.3, 0.4) is 0 Å². The standard InChI is InChI=1S/C13H12BrNO3S/c1-3-18-12(16)11-10(15-13(14)19-11)8-4-6-9(17-2)7-5-8/h4-7H,3H2,1-2H3. The Balaban J connectivity index is 2.40. The van der Waals surface area contributed by atoms with Crippen molar-refractivity contribution in [3.8, 4) is 17.0 Å². The van der Waals surface area contributed by atoms with E-state index in [9.17, 15) is 4.79 Å². The second-order valence-electron chi connectivity index (χ2n) is 3.59. The van der Waals surface area contributed by atoms with E-state index in [0.717, 1.165) is 11.3 Å². The van der Waals surface area contributed by atoms with Crippen LogP contribution < -0.4 is 4.74 Å². The Morgan fingerprint density at radius 2 is 2.05 bits per heavy atom. The Kier molecular flexibility index (Phi) is 4.55. The summed E-state index contributed by atoms with van der Waals surface area (Å²) in [4.78, 5) is 16.7. The van der Waals surface area contributed by atoms with Gasteiger partial charge in [0.2, 0.25) is 0 Å². The Labute approximate surface area is 123 Å². The number of hydrogen-bond donors (Lipinski definition) is 0. The highest BCUT2D eigenvalue weighted by Crippen LogP contribution is 2.32. The van der Waals surface area contributed by atoms with E-state index in [2.05, 4.69) is 20.9 Å². The predicted molar refractivity (Wildman–Crippen MR) is 77.8 cm³/mol. The highest BCUT2D eigenvalue weighted by molar-refractivity contribution is 9.11. The lowest BCUT2D eigenvalue weighted by Crippen LogP contribution is -2.03. The highest BCUT2D eigenvalue weighted by Gasteiger charge is 2.19.